The first kappa shape index (κ1) is 16.7. The molecule has 1 unspecified atom stereocenters. The first-order chi connectivity index (χ1) is 11.7. The molecule has 1 atom stereocenters. The summed E-state index contributed by atoms with van der Waals surface area (Å²) in [7, 11) is 1.68. The Morgan fingerprint density at radius 2 is 1.71 bits per heavy atom. The lowest BCUT2D eigenvalue weighted by atomic mass is 10.1. The van der Waals surface area contributed by atoms with Gasteiger partial charge in [-0.3, -0.25) is 4.90 Å². The van der Waals surface area contributed by atoms with Crippen molar-refractivity contribution in [1.82, 2.24) is 4.90 Å². The Labute approximate surface area is 142 Å². The molecule has 2 aromatic rings. The number of nitrogens with zero attached hydrogens (tertiary/aromatic N) is 2. The number of rotatable bonds is 5. The highest BCUT2D eigenvalue weighted by molar-refractivity contribution is 5.58. The zero-order valence-electron chi connectivity index (χ0n) is 13.9. The van der Waals surface area contributed by atoms with Crippen molar-refractivity contribution in [3.05, 3.63) is 59.9 Å². The Balaban J connectivity index is 1.58. The molecule has 0 amide bonds. The van der Waals surface area contributed by atoms with Gasteiger partial charge in [0.2, 0.25) is 0 Å². The van der Waals surface area contributed by atoms with Gasteiger partial charge in [0.05, 0.1) is 18.9 Å². The molecule has 1 fully saturated rings. The first-order valence-corrected chi connectivity index (χ1v) is 8.22. The summed E-state index contributed by atoms with van der Waals surface area (Å²) >= 11 is 0. The average molecular weight is 330 g/mol. The van der Waals surface area contributed by atoms with Crippen molar-refractivity contribution in [1.29, 1.82) is 0 Å². The molecule has 128 valence electrons. The lowest BCUT2D eigenvalue weighted by molar-refractivity contribution is 0.106. The van der Waals surface area contributed by atoms with Crippen LogP contribution in [0.15, 0.2) is 48.5 Å². The minimum Gasteiger partial charge on any atom is -0.495 e. The van der Waals surface area contributed by atoms with Crippen LogP contribution in [0.1, 0.15) is 11.7 Å². The molecule has 1 N–H and O–H groups in total. The number of benzene rings is 2. The third kappa shape index (κ3) is 3.68. The van der Waals surface area contributed by atoms with E-state index in [0.717, 1.165) is 37.6 Å². The molecule has 0 radical (unpaired) electrons. The van der Waals surface area contributed by atoms with Gasteiger partial charge in [0, 0.05) is 38.3 Å². The molecule has 5 heteroatoms. The first-order valence-electron chi connectivity index (χ1n) is 8.22. The number of anilines is 1. The highest BCUT2D eigenvalue weighted by atomic mass is 19.1. The van der Waals surface area contributed by atoms with Crippen molar-refractivity contribution in [3.63, 3.8) is 0 Å². The van der Waals surface area contributed by atoms with E-state index in [1.807, 2.05) is 18.2 Å². The highest BCUT2D eigenvalue weighted by Crippen LogP contribution is 2.28. The van der Waals surface area contributed by atoms with Gasteiger partial charge in [0.1, 0.15) is 11.6 Å². The van der Waals surface area contributed by atoms with Gasteiger partial charge in [-0.15, -0.1) is 0 Å². The van der Waals surface area contributed by atoms with Crippen LogP contribution in [0.3, 0.4) is 0 Å². The summed E-state index contributed by atoms with van der Waals surface area (Å²) in [4.78, 5) is 4.45. The van der Waals surface area contributed by atoms with E-state index in [1.165, 1.54) is 6.07 Å². The van der Waals surface area contributed by atoms with Gasteiger partial charge in [0.25, 0.3) is 0 Å². The minimum absolute atomic E-state index is 0.349. The summed E-state index contributed by atoms with van der Waals surface area (Å²) in [6.45, 7) is 3.79. The number of methoxy groups -OCH3 is 1. The molecule has 3 rings (SSSR count). The Morgan fingerprint density at radius 3 is 2.42 bits per heavy atom. The highest BCUT2D eigenvalue weighted by Gasteiger charge is 2.22. The fraction of sp³-hybridized carbons (Fsp3) is 0.368. The van der Waals surface area contributed by atoms with E-state index in [2.05, 4.69) is 15.9 Å². The summed E-state index contributed by atoms with van der Waals surface area (Å²) < 4.78 is 19.2. The Hall–Kier alpha value is -2.11. The lowest BCUT2D eigenvalue weighted by Crippen LogP contribution is -2.47. The Kier molecular flexibility index (Phi) is 5.33. The van der Waals surface area contributed by atoms with E-state index in [1.54, 1.807) is 25.3 Å². The molecular weight excluding hydrogens is 307 g/mol. The minimum atomic E-state index is -0.802. The molecule has 0 saturated carbocycles. The molecule has 1 aliphatic heterocycles. The molecule has 1 saturated heterocycles. The molecule has 1 heterocycles. The number of aliphatic hydroxyl groups is 1. The number of halogens is 1. The van der Waals surface area contributed by atoms with Crippen LogP contribution in [-0.4, -0.2) is 49.8 Å². The summed E-state index contributed by atoms with van der Waals surface area (Å²) in [5.74, 6) is 0.523. The predicted molar refractivity (Wildman–Crippen MR) is 93.0 cm³/mol. The fourth-order valence-corrected chi connectivity index (χ4v) is 3.15. The van der Waals surface area contributed by atoms with E-state index < -0.39 is 6.10 Å². The van der Waals surface area contributed by atoms with Crippen molar-refractivity contribution in [2.75, 3.05) is 44.7 Å². The third-order valence-corrected chi connectivity index (χ3v) is 4.49. The number of β-amino-alcohol motifs (C(OH)–C–C–N with tert-alkyl or cyclic N) is 1. The zero-order chi connectivity index (χ0) is 16.9. The van der Waals surface area contributed by atoms with Crippen molar-refractivity contribution < 1.29 is 14.2 Å². The van der Waals surface area contributed by atoms with Crippen molar-refractivity contribution in [2.45, 2.75) is 6.10 Å². The maximum atomic E-state index is 13.8. The van der Waals surface area contributed by atoms with Gasteiger partial charge in [-0.2, -0.15) is 0 Å². The zero-order valence-corrected chi connectivity index (χ0v) is 13.9. The molecule has 4 nitrogen and oxygen atoms in total. The predicted octanol–water partition coefficient (Wildman–Crippen LogP) is 2.69. The number of ether oxygens (including phenoxy) is 1. The number of aliphatic hydroxyl groups excluding tert-OH is 1. The number of hydrogen-bond donors (Lipinski definition) is 1. The lowest BCUT2D eigenvalue weighted by Gasteiger charge is -2.37. The molecule has 0 bridgehead atoms. The second kappa shape index (κ2) is 7.64. The third-order valence-electron chi connectivity index (χ3n) is 4.49. The molecule has 2 aromatic carbocycles. The maximum Gasteiger partial charge on any atom is 0.142 e. The van der Waals surface area contributed by atoms with Crippen LogP contribution in [0.25, 0.3) is 0 Å². The summed E-state index contributed by atoms with van der Waals surface area (Å²) in [6.07, 6.45) is -0.802. The molecule has 0 aromatic heterocycles. The van der Waals surface area contributed by atoms with Gasteiger partial charge < -0.3 is 14.7 Å². The largest absolute Gasteiger partial charge is 0.495 e. The number of hydrogen-bond acceptors (Lipinski definition) is 4. The van der Waals surface area contributed by atoms with Gasteiger partial charge >= 0.3 is 0 Å². The van der Waals surface area contributed by atoms with Crippen LogP contribution in [0, 0.1) is 5.82 Å². The fourth-order valence-electron chi connectivity index (χ4n) is 3.15. The molecule has 1 aliphatic rings. The van der Waals surface area contributed by atoms with Crippen molar-refractivity contribution in [2.24, 2.45) is 0 Å². The molecule has 24 heavy (non-hydrogen) atoms. The van der Waals surface area contributed by atoms with Crippen LogP contribution < -0.4 is 9.64 Å². The SMILES string of the molecule is COc1ccccc1N1CCN(CC(O)c2ccccc2F)CC1. The normalized spacial score (nSPS) is 16.9. The van der Waals surface area contributed by atoms with Gasteiger partial charge in [-0.25, -0.2) is 4.39 Å². The number of para-hydroxylation sites is 2. The maximum absolute atomic E-state index is 13.8. The van der Waals surface area contributed by atoms with E-state index in [4.69, 9.17) is 4.74 Å². The topological polar surface area (TPSA) is 35.9 Å². The van der Waals surface area contributed by atoms with Gasteiger partial charge in [-0.1, -0.05) is 30.3 Å². The molecule has 0 aliphatic carbocycles. The van der Waals surface area contributed by atoms with Crippen LogP contribution in [-0.2, 0) is 0 Å². The van der Waals surface area contributed by atoms with Crippen LogP contribution >= 0.6 is 0 Å². The molecule has 0 spiro atoms. The Bertz CT molecular complexity index is 672. The van der Waals surface area contributed by atoms with Crippen molar-refractivity contribution in [3.8, 4) is 5.75 Å². The van der Waals surface area contributed by atoms with E-state index in [9.17, 15) is 9.50 Å². The van der Waals surface area contributed by atoms with E-state index >= 15 is 0 Å². The Morgan fingerprint density at radius 1 is 1.04 bits per heavy atom. The van der Waals surface area contributed by atoms with Crippen LogP contribution in [0.4, 0.5) is 10.1 Å². The quantitative estimate of drug-likeness (QED) is 0.914. The van der Waals surface area contributed by atoms with Crippen LogP contribution in [0.2, 0.25) is 0 Å². The van der Waals surface area contributed by atoms with E-state index in [0.29, 0.717) is 12.1 Å². The van der Waals surface area contributed by atoms with Crippen molar-refractivity contribution >= 4 is 5.69 Å². The van der Waals surface area contributed by atoms with Gasteiger partial charge in [0.15, 0.2) is 0 Å². The van der Waals surface area contributed by atoms with Crippen LogP contribution in [0.5, 0.6) is 5.75 Å². The second-order valence-corrected chi connectivity index (χ2v) is 6.00. The van der Waals surface area contributed by atoms with Gasteiger partial charge in [-0.05, 0) is 18.2 Å². The monoisotopic (exact) mass is 330 g/mol. The smallest absolute Gasteiger partial charge is 0.142 e. The summed E-state index contributed by atoms with van der Waals surface area (Å²) in [5, 5.41) is 10.3. The standard InChI is InChI=1S/C19H23FN2O2/c1-24-19-9-5-4-8-17(19)22-12-10-21(11-13-22)14-18(23)15-6-2-3-7-16(15)20/h2-9,18,23H,10-14H2,1H3. The summed E-state index contributed by atoms with van der Waals surface area (Å²) in [6, 6.07) is 14.4. The second-order valence-electron chi connectivity index (χ2n) is 6.00. The number of piperazine rings is 1. The molecular formula is C19H23FN2O2. The van der Waals surface area contributed by atoms with E-state index in [-0.39, 0.29) is 5.82 Å². The average Bonchev–Trinajstić information content (AvgIpc) is 2.62. The summed E-state index contributed by atoms with van der Waals surface area (Å²) in [5.41, 5.74) is 1.46.